The summed E-state index contributed by atoms with van der Waals surface area (Å²) in [6.07, 6.45) is 1.31. The van der Waals surface area contributed by atoms with Crippen LogP contribution in [0.5, 0.6) is 0 Å². The van der Waals surface area contributed by atoms with E-state index in [1.165, 1.54) is 0 Å². The number of aromatic nitrogens is 1. The van der Waals surface area contributed by atoms with Crippen molar-refractivity contribution < 1.29 is 9.59 Å². The molecule has 0 saturated carbocycles. The normalized spacial score (nSPS) is 19.5. The van der Waals surface area contributed by atoms with Gasteiger partial charge in [0, 0.05) is 18.8 Å². The number of hydrogen-bond donors (Lipinski definition) is 3. The number of nitrogen functional groups attached to an aromatic ring is 1. The number of benzene rings is 1. The number of rotatable bonds is 7. The second-order valence-corrected chi connectivity index (χ2v) is 8.11. The van der Waals surface area contributed by atoms with Crippen molar-refractivity contribution >= 4 is 17.6 Å². The van der Waals surface area contributed by atoms with E-state index in [1.54, 1.807) is 19.1 Å². The van der Waals surface area contributed by atoms with Gasteiger partial charge in [-0.25, -0.2) is 4.98 Å². The molecule has 1 saturated heterocycles. The van der Waals surface area contributed by atoms with Gasteiger partial charge in [0.25, 0.3) is 0 Å². The van der Waals surface area contributed by atoms with Crippen molar-refractivity contribution in [3.63, 3.8) is 0 Å². The molecule has 2 unspecified atom stereocenters. The molecular weight excluding hydrogens is 392 g/mol. The molecule has 8 heteroatoms. The number of hydrogen-bond acceptors (Lipinski definition) is 6. The van der Waals surface area contributed by atoms with Crippen molar-refractivity contribution in [1.29, 1.82) is 5.26 Å². The van der Waals surface area contributed by atoms with Gasteiger partial charge in [-0.2, -0.15) is 5.26 Å². The quantitative estimate of drug-likeness (QED) is 0.616. The lowest BCUT2D eigenvalue weighted by Gasteiger charge is -2.28. The number of nitrogens with one attached hydrogen (secondary N) is 1. The Kier molecular flexibility index (Phi) is 6.88. The molecule has 5 N–H and O–H groups in total. The van der Waals surface area contributed by atoms with Crippen LogP contribution >= 0.6 is 0 Å². The minimum atomic E-state index is -0.505. The second-order valence-electron chi connectivity index (χ2n) is 8.11. The number of primary amides is 1. The minimum absolute atomic E-state index is 0.172. The van der Waals surface area contributed by atoms with Gasteiger partial charge in [0.2, 0.25) is 11.8 Å². The first kappa shape index (κ1) is 22.2. The minimum Gasteiger partial charge on any atom is -0.384 e. The Labute approximate surface area is 182 Å². The lowest BCUT2D eigenvalue weighted by molar-refractivity contribution is -0.129. The van der Waals surface area contributed by atoms with Gasteiger partial charge in [0.1, 0.15) is 5.82 Å². The number of nitriles is 1. The Morgan fingerprint density at radius 3 is 2.81 bits per heavy atom. The van der Waals surface area contributed by atoms with E-state index in [9.17, 15) is 9.59 Å². The van der Waals surface area contributed by atoms with Gasteiger partial charge in [-0.3, -0.25) is 14.5 Å². The number of nitrogens with two attached hydrogens (primary N) is 2. The van der Waals surface area contributed by atoms with Gasteiger partial charge in [-0.15, -0.1) is 0 Å². The van der Waals surface area contributed by atoms with Crippen molar-refractivity contribution in [3.8, 4) is 6.07 Å². The molecule has 0 aliphatic carbocycles. The van der Waals surface area contributed by atoms with Crippen LogP contribution in [-0.2, 0) is 22.6 Å². The molecule has 0 radical (unpaired) electrons. The molecular formula is C23H28N6O2. The molecule has 8 nitrogen and oxygen atoms in total. The van der Waals surface area contributed by atoms with Gasteiger partial charge in [-0.1, -0.05) is 18.2 Å². The summed E-state index contributed by atoms with van der Waals surface area (Å²) in [6.45, 7) is 4.55. The zero-order valence-corrected chi connectivity index (χ0v) is 17.8. The van der Waals surface area contributed by atoms with Crippen molar-refractivity contribution in [2.75, 3.05) is 12.3 Å². The van der Waals surface area contributed by atoms with E-state index in [-0.39, 0.29) is 11.8 Å². The van der Waals surface area contributed by atoms with Crippen molar-refractivity contribution in [2.45, 2.75) is 45.3 Å². The zero-order chi connectivity index (χ0) is 22.5. The molecule has 1 aliphatic rings. The van der Waals surface area contributed by atoms with Crippen LogP contribution in [0.3, 0.4) is 0 Å². The Balaban J connectivity index is 1.65. The van der Waals surface area contributed by atoms with Crippen LogP contribution in [-0.4, -0.2) is 40.3 Å². The molecule has 2 amide bonds. The predicted molar refractivity (Wildman–Crippen MR) is 117 cm³/mol. The van der Waals surface area contributed by atoms with Crippen LogP contribution in [0.2, 0.25) is 0 Å². The fourth-order valence-electron chi connectivity index (χ4n) is 4.18. The van der Waals surface area contributed by atoms with Gasteiger partial charge in [-0.05, 0) is 61.9 Å². The summed E-state index contributed by atoms with van der Waals surface area (Å²) < 4.78 is 0. The number of anilines is 1. The van der Waals surface area contributed by atoms with Crippen LogP contribution < -0.4 is 16.8 Å². The Bertz CT molecular complexity index is 1020. The number of pyridine rings is 1. The van der Waals surface area contributed by atoms with Crippen molar-refractivity contribution in [1.82, 2.24) is 15.2 Å². The molecule has 1 aromatic heterocycles. The molecule has 3 atom stereocenters. The molecule has 162 valence electrons. The van der Waals surface area contributed by atoms with Crippen LogP contribution in [0.1, 0.15) is 35.7 Å². The van der Waals surface area contributed by atoms with Gasteiger partial charge < -0.3 is 16.8 Å². The Hall–Kier alpha value is -3.44. The van der Waals surface area contributed by atoms with E-state index in [0.29, 0.717) is 30.9 Å². The molecule has 3 rings (SSSR count). The maximum atomic E-state index is 12.8. The van der Waals surface area contributed by atoms with Crippen LogP contribution in [0.4, 0.5) is 5.82 Å². The summed E-state index contributed by atoms with van der Waals surface area (Å²) in [5, 5.41) is 12.0. The third-order valence-corrected chi connectivity index (χ3v) is 5.88. The highest BCUT2D eigenvalue weighted by Gasteiger charge is 2.40. The summed E-state index contributed by atoms with van der Waals surface area (Å²) in [6, 6.07) is 12.2. The molecule has 0 spiro atoms. The standard InChI is InChI=1S/C23H28N6O2/c1-14-19(6-7-21(25)28-14)12-27-23(31)15(2)29-13-18(10-20(29)22(26)30)9-16-4-3-5-17(8-16)11-24/h3-8,15,18,20H,9-10,12-13H2,1-2H3,(H2,25,28)(H2,26,30)(H,27,31)/t15-,18?,20?/m0/s1. The summed E-state index contributed by atoms with van der Waals surface area (Å²) >= 11 is 0. The molecule has 31 heavy (non-hydrogen) atoms. The highest BCUT2D eigenvalue weighted by molar-refractivity contribution is 5.84. The van der Waals surface area contributed by atoms with Crippen molar-refractivity contribution in [3.05, 3.63) is 58.8 Å². The molecule has 1 fully saturated rings. The first-order valence-electron chi connectivity index (χ1n) is 10.3. The molecule has 2 heterocycles. The van der Waals surface area contributed by atoms with Crippen LogP contribution in [0.25, 0.3) is 0 Å². The first-order chi connectivity index (χ1) is 14.8. The van der Waals surface area contributed by atoms with E-state index < -0.39 is 18.0 Å². The number of carbonyl (C=O) groups is 2. The molecule has 1 aliphatic heterocycles. The average Bonchev–Trinajstić information content (AvgIpc) is 3.16. The Morgan fingerprint density at radius 1 is 1.35 bits per heavy atom. The fourth-order valence-corrected chi connectivity index (χ4v) is 4.18. The van der Waals surface area contributed by atoms with E-state index in [4.69, 9.17) is 16.7 Å². The Morgan fingerprint density at radius 2 is 2.13 bits per heavy atom. The van der Waals surface area contributed by atoms with Crippen LogP contribution in [0.15, 0.2) is 36.4 Å². The summed E-state index contributed by atoms with van der Waals surface area (Å²) in [5.41, 5.74) is 14.6. The predicted octanol–water partition coefficient (Wildman–Crippen LogP) is 1.27. The first-order valence-corrected chi connectivity index (χ1v) is 10.3. The van der Waals surface area contributed by atoms with Gasteiger partial charge >= 0.3 is 0 Å². The summed E-state index contributed by atoms with van der Waals surface area (Å²) in [5.74, 6) is 0.0139. The van der Waals surface area contributed by atoms with Crippen molar-refractivity contribution in [2.24, 2.45) is 11.7 Å². The molecule has 1 aromatic carbocycles. The molecule has 2 aromatic rings. The maximum Gasteiger partial charge on any atom is 0.237 e. The SMILES string of the molecule is Cc1nc(N)ccc1CNC(=O)[C@H](C)N1CC(Cc2cccc(C#N)c2)CC1C(N)=O. The maximum absolute atomic E-state index is 12.8. The van der Waals surface area contributed by atoms with E-state index in [2.05, 4.69) is 16.4 Å². The number of amides is 2. The third kappa shape index (κ3) is 5.38. The highest BCUT2D eigenvalue weighted by Crippen LogP contribution is 2.28. The van der Waals surface area contributed by atoms with Gasteiger partial charge in [0.15, 0.2) is 0 Å². The number of carbonyl (C=O) groups excluding carboxylic acids is 2. The molecule has 0 bridgehead atoms. The lowest BCUT2D eigenvalue weighted by Crippen LogP contribution is -2.51. The zero-order valence-electron chi connectivity index (χ0n) is 17.8. The smallest absolute Gasteiger partial charge is 0.237 e. The monoisotopic (exact) mass is 420 g/mol. The third-order valence-electron chi connectivity index (χ3n) is 5.88. The van der Waals surface area contributed by atoms with E-state index in [1.807, 2.05) is 36.1 Å². The second kappa shape index (κ2) is 9.58. The van der Waals surface area contributed by atoms with Crippen LogP contribution in [0, 0.1) is 24.2 Å². The van der Waals surface area contributed by atoms with E-state index >= 15 is 0 Å². The summed E-state index contributed by atoms with van der Waals surface area (Å²) in [7, 11) is 0. The van der Waals surface area contributed by atoms with E-state index in [0.717, 1.165) is 23.2 Å². The number of nitrogens with zero attached hydrogens (tertiary/aromatic N) is 3. The highest BCUT2D eigenvalue weighted by atomic mass is 16.2. The topological polar surface area (TPSA) is 138 Å². The number of aryl methyl sites for hydroxylation is 1. The summed E-state index contributed by atoms with van der Waals surface area (Å²) in [4.78, 5) is 31.0. The lowest BCUT2D eigenvalue weighted by atomic mass is 9.96. The average molecular weight is 421 g/mol. The fraction of sp³-hybridized carbons (Fsp3) is 0.391. The largest absolute Gasteiger partial charge is 0.384 e. The number of likely N-dealkylation sites (tertiary alicyclic amines) is 1. The van der Waals surface area contributed by atoms with Gasteiger partial charge in [0.05, 0.1) is 23.7 Å².